The Kier molecular flexibility index (Phi) is 5.50. The third-order valence-electron chi connectivity index (χ3n) is 2.31. The van der Waals surface area contributed by atoms with E-state index in [-0.39, 0.29) is 19.4 Å². The highest BCUT2D eigenvalue weighted by atomic mass is 19.4. The Hall–Kier alpha value is -2.33. The van der Waals surface area contributed by atoms with Crippen LogP contribution < -0.4 is 4.74 Å². The molecule has 0 aliphatic rings. The van der Waals surface area contributed by atoms with E-state index < -0.39 is 41.7 Å². The van der Waals surface area contributed by atoms with Crippen LogP contribution in [0.25, 0.3) is 0 Å². The van der Waals surface area contributed by atoms with E-state index in [1.165, 1.54) is 0 Å². The summed E-state index contributed by atoms with van der Waals surface area (Å²) in [4.78, 5) is 20.2. The lowest BCUT2D eigenvalue weighted by Gasteiger charge is -2.05. The molecule has 1 rings (SSSR count). The summed E-state index contributed by atoms with van der Waals surface area (Å²) in [5.41, 5.74) is -0.563. The molecular weight excluding hydrogens is 299 g/mol. The number of halogens is 3. The van der Waals surface area contributed by atoms with Crippen molar-refractivity contribution in [2.75, 3.05) is 6.61 Å². The van der Waals surface area contributed by atoms with Gasteiger partial charge in [0.05, 0.1) is 18.0 Å². The molecule has 0 atom stereocenters. The smallest absolute Gasteiger partial charge is 0.392 e. The molecule has 0 bridgehead atoms. The summed E-state index contributed by atoms with van der Waals surface area (Å²) in [6.45, 7) is -0.702. The van der Waals surface area contributed by atoms with Crippen LogP contribution in [0.5, 0.6) is 5.88 Å². The van der Waals surface area contributed by atoms with E-state index in [9.17, 15) is 28.1 Å². The van der Waals surface area contributed by atoms with Gasteiger partial charge < -0.3 is 9.84 Å². The first-order valence-corrected chi connectivity index (χ1v) is 5.82. The molecule has 0 aliphatic carbocycles. The number of aryl methyl sites for hydroxylation is 1. The molecule has 0 unspecified atom stereocenters. The number of nitrogens with zero attached hydrogens (tertiary/aromatic N) is 3. The van der Waals surface area contributed by atoms with Crippen molar-refractivity contribution in [1.82, 2.24) is 9.78 Å². The normalized spacial score (nSPS) is 11.4. The summed E-state index contributed by atoms with van der Waals surface area (Å²) in [7, 11) is 0. The van der Waals surface area contributed by atoms with Crippen molar-refractivity contribution >= 4 is 11.7 Å². The monoisotopic (exact) mass is 311 g/mol. The Morgan fingerprint density at radius 3 is 2.71 bits per heavy atom. The van der Waals surface area contributed by atoms with Gasteiger partial charge in [0, 0.05) is 13.0 Å². The molecule has 11 heteroatoms. The fraction of sp³-hybridized carbons (Fsp3) is 0.600. The van der Waals surface area contributed by atoms with Gasteiger partial charge in [-0.2, -0.15) is 13.2 Å². The molecule has 21 heavy (non-hydrogen) atoms. The molecule has 0 saturated carbocycles. The molecule has 0 amide bonds. The number of hydrogen-bond donors (Lipinski definition) is 1. The van der Waals surface area contributed by atoms with Gasteiger partial charge in [0.25, 0.3) is 0 Å². The second-order valence-corrected chi connectivity index (χ2v) is 4.05. The highest BCUT2D eigenvalue weighted by Gasteiger charge is 2.28. The van der Waals surface area contributed by atoms with Crippen molar-refractivity contribution in [1.29, 1.82) is 0 Å². The van der Waals surface area contributed by atoms with Crippen molar-refractivity contribution < 1.29 is 32.7 Å². The maximum atomic E-state index is 12.0. The minimum atomic E-state index is -4.43. The highest BCUT2D eigenvalue weighted by molar-refractivity contribution is 5.66. The molecule has 0 aliphatic heterocycles. The summed E-state index contributed by atoms with van der Waals surface area (Å²) in [5.74, 6) is -1.54. The minimum absolute atomic E-state index is 0.0791. The van der Waals surface area contributed by atoms with Gasteiger partial charge in [-0.1, -0.05) is 0 Å². The van der Waals surface area contributed by atoms with Crippen LogP contribution in [0.1, 0.15) is 19.3 Å². The first-order chi connectivity index (χ1) is 9.69. The number of carboxylic acids is 1. The maximum absolute atomic E-state index is 12.0. The number of carbonyl (C=O) groups is 1. The number of hydrogen-bond acceptors (Lipinski definition) is 5. The fourth-order valence-electron chi connectivity index (χ4n) is 1.39. The molecule has 0 fully saturated rings. The first-order valence-electron chi connectivity index (χ1n) is 5.82. The molecule has 1 N–H and O–H groups in total. The van der Waals surface area contributed by atoms with Gasteiger partial charge in [-0.3, -0.25) is 19.6 Å². The van der Waals surface area contributed by atoms with Crippen molar-refractivity contribution in [3.63, 3.8) is 0 Å². The van der Waals surface area contributed by atoms with E-state index in [0.29, 0.717) is 0 Å². The Morgan fingerprint density at radius 1 is 1.52 bits per heavy atom. The van der Waals surface area contributed by atoms with E-state index in [1.54, 1.807) is 0 Å². The second-order valence-electron chi connectivity index (χ2n) is 4.05. The fourth-order valence-corrected chi connectivity index (χ4v) is 1.39. The van der Waals surface area contributed by atoms with Crippen LogP contribution in [-0.4, -0.2) is 38.6 Å². The molecule has 0 saturated heterocycles. The largest absolute Gasteiger partial charge is 0.481 e. The van der Waals surface area contributed by atoms with Gasteiger partial charge in [-0.05, 0) is 6.42 Å². The van der Waals surface area contributed by atoms with Crippen LogP contribution in [0, 0.1) is 10.1 Å². The van der Waals surface area contributed by atoms with E-state index in [1.807, 2.05) is 0 Å². The summed E-state index contributed by atoms with van der Waals surface area (Å²) in [5, 5.41) is 22.8. The number of nitro groups is 1. The Labute approximate surface area is 116 Å². The van der Waals surface area contributed by atoms with Crippen molar-refractivity contribution in [3.8, 4) is 5.88 Å². The number of carboxylic acid groups (broad SMARTS) is 1. The average Bonchev–Trinajstić information content (AvgIpc) is 2.70. The Morgan fingerprint density at radius 2 is 2.19 bits per heavy atom. The SMILES string of the molecule is O=C(O)CCCn1cc([N+](=O)[O-])c(OCCC(F)(F)F)n1. The predicted octanol–water partition coefficient (Wildman–Crippen LogP) is 1.99. The number of ether oxygens (including phenoxy) is 1. The zero-order valence-electron chi connectivity index (χ0n) is 10.7. The summed E-state index contributed by atoms with van der Waals surface area (Å²) in [6, 6.07) is 0. The average molecular weight is 311 g/mol. The molecular formula is C10H12F3N3O5. The molecule has 1 heterocycles. The van der Waals surface area contributed by atoms with Crippen molar-refractivity contribution in [3.05, 3.63) is 16.3 Å². The van der Waals surface area contributed by atoms with Gasteiger partial charge >= 0.3 is 23.7 Å². The Balaban J connectivity index is 2.66. The molecule has 1 aromatic heterocycles. The number of aliphatic carboxylic acids is 1. The van der Waals surface area contributed by atoms with Crippen LogP contribution in [-0.2, 0) is 11.3 Å². The molecule has 0 radical (unpaired) electrons. The molecule has 1 aromatic rings. The minimum Gasteiger partial charge on any atom is -0.481 e. The summed E-state index contributed by atoms with van der Waals surface area (Å²) >= 11 is 0. The van der Waals surface area contributed by atoms with Crippen molar-refractivity contribution in [2.24, 2.45) is 0 Å². The van der Waals surface area contributed by atoms with E-state index in [0.717, 1.165) is 10.9 Å². The number of alkyl halides is 3. The number of rotatable bonds is 8. The van der Waals surface area contributed by atoms with E-state index in [4.69, 9.17) is 5.11 Å². The van der Waals surface area contributed by atoms with Crippen LogP contribution in [0.3, 0.4) is 0 Å². The van der Waals surface area contributed by atoms with Crippen LogP contribution in [0.15, 0.2) is 6.20 Å². The second kappa shape index (κ2) is 6.90. The van der Waals surface area contributed by atoms with Gasteiger partial charge in [0.15, 0.2) is 0 Å². The third-order valence-corrected chi connectivity index (χ3v) is 2.31. The van der Waals surface area contributed by atoms with Crippen LogP contribution in [0.2, 0.25) is 0 Å². The quantitative estimate of drug-likeness (QED) is 0.581. The number of aromatic nitrogens is 2. The molecule has 0 aromatic carbocycles. The molecule has 0 spiro atoms. The van der Waals surface area contributed by atoms with Crippen LogP contribution >= 0.6 is 0 Å². The van der Waals surface area contributed by atoms with Crippen LogP contribution in [0.4, 0.5) is 18.9 Å². The zero-order valence-corrected chi connectivity index (χ0v) is 10.7. The zero-order chi connectivity index (χ0) is 16.0. The lowest BCUT2D eigenvalue weighted by atomic mass is 10.3. The molecule has 118 valence electrons. The van der Waals surface area contributed by atoms with E-state index >= 15 is 0 Å². The maximum Gasteiger partial charge on any atom is 0.392 e. The van der Waals surface area contributed by atoms with Crippen molar-refractivity contribution in [2.45, 2.75) is 32.0 Å². The topological polar surface area (TPSA) is 107 Å². The first kappa shape index (κ1) is 16.7. The predicted molar refractivity (Wildman–Crippen MR) is 61.9 cm³/mol. The van der Waals surface area contributed by atoms with Gasteiger partial charge in [0.2, 0.25) is 0 Å². The van der Waals surface area contributed by atoms with Gasteiger partial charge in [-0.15, -0.1) is 5.10 Å². The summed E-state index contributed by atoms with van der Waals surface area (Å²) in [6.07, 6.45) is -4.67. The standard InChI is InChI=1S/C10H12F3N3O5/c11-10(12,13)3-5-21-9-7(16(19)20)6-15(14-9)4-1-2-8(17)18/h6H,1-5H2,(H,17,18). The molecule has 8 nitrogen and oxygen atoms in total. The summed E-state index contributed by atoms with van der Waals surface area (Å²) < 4.78 is 41.7. The Bertz CT molecular complexity index is 515. The van der Waals surface area contributed by atoms with Gasteiger partial charge in [0.1, 0.15) is 6.20 Å². The highest BCUT2D eigenvalue weighted by Crippen LogP contribution is 2.26. The van der Waals surface area contributed by atoms with Gasteiger partial charge in [-0.25, -0.2) is 0 Å². The van der Waals surface area contributed by atoms with E-state index in [2.05, 4.69) is 9.84 Å². The lowest BCUT2D eigenvalue weighted by Crippen LogP contribution is -2.13. The third kappa shape index (κ3) is 6.10. The lowest BCUT2D eigenvalue weighted by molar-refractivity contribution is -0.386.